The van der Waals surface area contributed by atoms with E-state index < -0.39 is 16.2 Å². The van der Waals surface area contributed by atoms with E-state index in [0.29, 0.717) is 0 Å². The molecule has 6 nitrogen and oxygen atoms in total. The Morgan fingerprint density at radius 1 is 1.35 bits per heavy atom. The lowest BCUT2D eigenvalue weighted by molar-refractivity contribution is -0.384. The number of halogens is 1. The molecular weight excluding hydrogens is 284 g/mol. The highest BCUT2D eigenvalue weighted by atomic mass is 35.5. The van der Waals surface area contributed by atoms with Crippen molar-refractivity contribution >= 4 is 34.7 Å². The first-order valence-electron chi connectivity index (χ1n) is 5.88. The molecule has 0 bridgehead atoms. The van der Waals surface area contributed by atoms with Crippen LogP contribution in [0, 0.1) is 15.5 Å². The van der Waals surface area contributed by atoms with Crippen molar-refractivity contribution in [1.29, 1.82) is 0 Å². The number of amides is 1. The van der Waals surface area contributed by atoms with Gasteiger partial charge in [-0.05, 0) is 12.1 Å². The third-order valence-corrected chi connectivity index (χ3v) is 2.90. The Labute approximate surface area is 121 Å². The van der Waals surface area contributed by atoms with Crippen LogP contribution in [0.3, 0.4) is 0 Å². The van der Waals surface area contributed by atoms with Gasteiger partial charge in [-0.2, -0.15) is 0 Å². The molecule has 1 rings (SSSR count). The summed E-state index contributed by atoms with van der Waals surface area (Å²) in [4.78, 5) is 33.5. The number of carbonyl (C=O) groups is 2. The fourth-order valence-electron chi connectivity index (χ4n) is 1.35. The number of ketones is 1. The van der Waals surface area contributed by atoms with Gasteiger partial charge in [-0.3, -0.25) is 19.7 Å². The van der Waals surface area contributed by atoms with Crippen LogP contribution < -0.4 is 5.32 Å². The summed E-state index contributed by atoms with van der Waals surface area (Å²) in [5.74, 6) is -0.722. The fraction of sp³-hybridized carbons (Fsp3) is 0.385. The van der Waals surface area contributed by atoms with E-state index in [0.717, 1.165) is 6.07 Å². The third kappa shape index (κ3) is 4.31. The Morgan fingerprint density at radius 2 is 1.95 bits per heavy atom. The van der Waals surface area contributed by atoms with Crippen molar-refractivity contribution in [3.8, 4) is 0 Å². The van der Waals surface area contributed by atoms with Crippen LogP contribution in [-0.4, -0.2) is 16.6 Å². The zero-order valence-corrected chi connectivity index (χ0v) is 12.2. The lowest BCUT2D eigenvalue weighted by Gasteiger charge is -2.16. The Bertz CT molecular complexity index is 564. The second-order valence-electron chi connectivity index (χ2n) is 5.32. The number of hydrogen-bond acceptors (Lipinski definition) is 4. The number of hydrogen-bond donors (Lipinski definition) is 1. The van der Waals surface area contributed by atoms with Gasteiger partial charge in [0, 0.05) is 17.2 Å². The van der Waals surface area contributed by atoms with Crippen LogP contribution in [0.2, 0.25) is 5.02 Å². The van der Waals surface area contributed by atoms with Crippen LogP contribution in [-0.2, 0) is 9.59 Å². The summed E-state index contributed by atoms with van der Waals surface area (Å²) in [6, 6.07) is 3.91. The van der Waals surface area contributed by atoms with Crippen LogP contribution in [0.4, 0.5) is 11.4 Å². The van der Waals surface area contributed by atoms with Crippen molar-refractivity contribution in [3.05, 3.63) is 33.3 Å². The van der Waals surface area contributed by atoms with Crippen LogP contribution in [0.25, 0.3) is 0 Å². The summed E-state index contributed by atoms with van der Waals surface area (Å²) in [7, 11) is 0. The first-order chi connectivity index (χ1) is 9.11. The Hall–Kier alpha value is -1.95. The maximum Gasteiger partial charge on any atom is 0.289 e. The number of anilines is 1. The third-order valence-electron chi connectivity index (χ3n) is 2.58. The average molecular weight is 299 g/mol. The average Bonchev–Trinajstić information content (AvgIpc) is 2.29. The fourth-order valence-corrected chi connectivity index (χ4v) is 1.53. The molecule has 0 radical (unpaired) electrons. The maximum atomic E-state index is 11.7. The monoisotopic (exact) mass is 298 g/mol. The van der Waals surface area contributed by atoms with Gasteiger partial charge in [-0.15, -0.1) is 0 Å². The molecule has 20 heavy (non-hydrogen) atoms. The van der Waals surface area contributed by atoms with Gasteiger partial charge in [0.05, 0.1) is 11.3 Å². The minimum absolute atomic E-state index is 0.0150. The molecule has 1 amide bonds. The number of nitro groups is 1. The molecule has 1 N–H and O–H groups in total. The number of Topliss-reactive ketones (excluding diaryl/α,β-unsaturated/α-hetero) is 1. The zero-order valence-electron chi connectivity index (χ0n) is 11.4. The van der Waals surface area contributed by atoms with Gasteiger partial charge in [-0.1, -0.05) is 32.4 Å². The van der Waals surface area contributed by atoms with Crippen molar-refractivity contribution in [2.45, 2.75) is 27.2 Å². The summed E-state index contributed by atoms with van der Waals surface area (Å²) < 4.78 is 0. The molecule has 0 saturated carbocycles. The van der Waals surface area contributed by atoms with E-state index in [-0.39, 0.29) is 28.6 Å². The van der Waals surface area contributed by atoms with E-state index in [1.165, 1.54) is 12.1 Å². The molecule has 0 aliphatic carbocycles. The summed E-state index contributed by atoms with van der Waals surface area (Å²) in [5.41, 5.74) is -0.678. The highest BCUT2D eigenvalue weighted by molar-refractivity contribution is 6.32. The lowest BCUT2D eigenvalue weighted by atomic mass is 9.89. The van der Waals surface area contributed by atoms with Crippen LogP contribution in [0.5, 0.6) is 0 Å². The summed E-state index contributed by atoms with van der Waals surface area (Å²) in [5, 5.41) is 13.2. The molecule has 0 saturated heterocycles. The van der Waals surface area contributed by atoms with Gasteiger partial charge < -0.3 is 5.32 Å². The SMILES string of the molecule is CC(C)(C)C(=O)CC(=O)Nc1ccc(Cl)c([N+](=O)[O-])c1. The smallest absolute Gasteiger partial charge is 0.289 e. The Balaban J connectivity index is 2.79. The van der Waals surface area contributed by atoms with Crippen LogP contribution >= 0.6 is 11.6 Å². The summed E-state index contributed by atoms with van der Waals surface area (Å²) in [6.07, 6.45) is -0.278. The second kappa shape index (κ2) is 6.00. The van der Waals surface area contributed by atoms with Crippen molar-refractivity contribution < 1.29 is 14.5 Å². The number of nitrogens with zero attached hydrogens (tertiary/aromatic N) is 1. The molecule has 0 aliphatic heterocycles. The summed E-state index contributed by atoms with van der Waals surface area (Å²) >= 11 is 5.66. The second-order valence-corrected chi connectivity index (χ2v) is 5.73. The molecule has 0 spiro atoms. The molecule has 0 fully saturated rings. The lowest BCUT2D eigenvalue weighted by Crippen LogP contribution is -2.26. The Morgan fingerprint density at radius 3 is 2.45 bits per heavy atom. The molecule has 0 atom stereocenters. The number of nitro benzene ring substituents is 1. The normalized spacial score (nSPS) is 11.0. The van der Waals surface area contributed by atoms with Gasteiger partial charge in [0.1, 0.15) is 10.8 Å². The van der Waals surface area contributed by atoms with Crippen molar-refractivity contribution in [2.75, 3.05) is 5.32 Å². The van der Waals surface area contributed by atoms with E-state index in [1.54, 1.807) is 20.8 Å². The van der Waals surface area contributed by atoms with E-state index in [2.05, 4.69) is 5.32 Å². The molecule has 0 aliphatic rings. The molecule has 0 heterocycles. The van der Waals surface area contributed by atoms with Gasteiger partial charge in [0.2, 0.25) is 5.91 Å². The molecule has 7 heteroatoms. The van der Waals surface area contributed by atoms with Crippen molar-refractivity contribution in [2.24, 2.45) is 5.41 Å². The van der Waals surface area contributed by atoms with Crippen molar-refractivity contribution in [1.82, 2.24) is 0 Å². The predicted octanol–water partition coefficient (Wildman–Crippen LogP) is 3.19. The van der Waals surface area contributed by atoms with Crippen LogP contribution in [0.1, 0.15) is 27.2 Å². The van der Waals surface area contributed by atoms with Gasteiger partial charge in [0.25, 0.3) is 5.69 Å². The molecule has 0 unspecified atom stereocenters. The largest absolute Gasteiger partial charge is 0.325 e. The van der Waals surface area contributed by atoms with Gasteiger partial charge in [0.15, 0.2) is 0 Å². The van der Waals surface area contributed by atoms with Crippen LogP contribution in [0.15, 0.2) is 18.2 Å². The maximum absolute atomic E-state index is 11.7. The number of carbonyl (C=O) groups excluding carboxylic acids is 2. The van der Waals surface area contributed by atoms with Gasteiger partial charge in [-0.25, -0.2) is 0 Å². The zero-order chi connectivity index (χ0) is 15.5. The first-order valence-corrected chi connectivity index (χ1v) is 6.26. The minimum atomic E-state index is -0.641. The molecular formula is C13H15ClN2O4. The summed E-state index contributed by atoms with van der Waals surface area (Å²) in [6.45, 7) is 5.15. The van der Waals surface area contributed by atoms with E-state index in [4.69, 9.17) is 11.6 Å². The molecule has 1 aromatic rings. The first kappa shape index (κ1) is 16.1. The molecule has 0 aromatic heterocycles. The van der Waals surface area contributed by atoms with Crippen molar-refractivity contribution in [3.63, 3.8) is 0 Å². The van der Waals surface area contributed by atoms with E-state index >= 15 is 0 Å². The van der Waals surface area contributed by atoms with Gasteiger partial charge >= 0.3 is 0 Å². The number of nitrogens with one attached hydrogen (secondary N) is 1. The molecule has 1 aromatic carbocycles. The standard InChI is InChI=1S/C13H15ClN2O4/c1-13(2,3)11(17)7-12(18)15-8-4-5-9(14)10(6-8)16(19)20/h4-6H,7H2,1-3H3,(H,15,18). The quantitative estimate of drug-likeness (QED) is 0.525. The van der Waals surface area contributed by atoms with E-state index in [9.17, 15) is 19.7 Å². The highest BCUT2D eigenvalue weighted by Crippen LogP contribution is 2.27. The topological polar surface area (TPSA) is 89.3 Å². The molecule has 108 valence electrons. The van der Waals surface area contributed by atoms with E-state index in [1.807, 2.05) is 0 Å². The Kier molecular flexibility index (Phi) is 4.83. The predicted molar refractivity (Wildman–Crippen MR) is 75.8 cm³/mol. The number of benzene rings is 1. The minimum Gasteiger partial charge on any atom is -0.325 e. The number of rotatable bonds is 4. The highest BCUT2D eigenvalue weighted by Gasteiger charge is 2.24.